The van der Waals surface area contributed by atoms with Crippen LogP contribution in [-0.4, -0.2) is 52.1 Å². The van der Waals surface area contributed by atoms with Crippen molar-refractivity contribution in [1.29, 1.82) is 0 Å². The molecule has 156 valence electrons. The highest BCUT2D eigenvalue weighted by atomic mass is 32.1. The van der Waals surface area contributed by atoms with Gasteiger partial charge in [-0.2, -0.15) is 0 Å². The maximum absolute atomic E-state index is 13.2. The Morgan fingerprint density at radius 2 is 2.00 bits per heavy atom. The molecule has 2 fully saturated rings. The first-order valence-electron chi connectivity index (χ1n) is 10.2. The zero-order valence-electron chi connectivity index (χ0n) is 17.4. The minimum atomic E-state index is -0.0360. The molecular weight excluding hydrogens is 386 g/mol. The molecule has 0 unspecified atom stereocenters. The molecule has 0 aromatic carbocycles. The molecule has 1 amide bonds. The molecular formula is C21H29N5O2S. The number of amides is 1. The summed E-state index contributed by atoms with van der Waals surface area (Å²) in [5, 5.41) is 4.19. The van der Waals surface area contributed by atoms with Crippen molar-refractivity contribution in [1.82, 2.24) is 25.2 Å². The summed E-state index contributed by atoms with van der Waals surface area (Å²) in [6.07, 6.45) is 5.43. The second-order valence-corrected chi connectivity index (χ2v) is 9.62. The summed E-state index contributed by atoms with van der Waals surface area (Å²) in [5.74, 6) is 0.720. The Kier molecular flexibility index (Phi) is 5.94. The molecule has 7 nitrogen and oxygen atoms in total. The summed E-state index contributed by atoms with van der Waals surface area (Å²) in [6, 6.07) is 0. The van der Waals surface area contributed by atoms with Gasteiger partial charge < -0.3 is 10.1 Å². The van der Waals surface area contributed by atoms with Gasteiger partial charge in [0, 0.05) is 55.5 Å². The fourth-order valence-corrected chi connectivity index (χ4v) is 5.54. The Balaban J connectivity index is 1.46. The Morgan fingerprint density at radius 1 is 1.28 bits per heavy atom. The van der Waals surface area contributed by atoms with Crippen molar-refractivity contribution in [3.63, 3.8) is 0 Å². The van der Waals surface area contributed by atoms with E-state index in [-0.39, 0.29) is 17.2 Å². The average Bonchev–Trinajstić information content (AvgIpc) is 3.20. The van der Waals surface area contributed by atoms with Gasteiger partial charge in [0.2, 0.25) is 5.91 Å². The minimum absolute atomic E-state index is 0.00982. The van der Waals surface area contributed by atoms with Crippen LogP contribution in [-0.2, 0) is 22.6 Å². The number of hydrogen-bond acceptors (Lipinski definition) is 7. The van der Waals surface area contributed by atoms with E-state index >= 15 is 0 Å². The highest BCUT2D eigenvalue weighted by Crippen LogP contribution is 2.45. The van der Waals surface area contributed by atoms with Crippen LogP contribution >= 0.6 is 11.3 Å². The summed E-state index contributed by atoms with van der Waals surface area (Å²) >= 11 is 1.76. The lowest BCUT2D eigenvalue weighted by molar-refractivity contribution is -0.130. The maximum atomic E-state index is 13.2. The topological polar surface area (TPSA) is 80.2 Å². The number of nitrogens with one attached hydrogen (secondary N) is 1. The number of rotatable bonds is 5. The molecule has 0 radical (unpaired) electrons. The van der Waals surface area contributed by atoms with Crippen molar-refractivity contribution < 1.29 is 9.53 Å². The Hall–Kier alpha value is -1.90. The minimum Gasteiger partial charge on any atom is -0.381 e. The van der Waals surface area contributed by atoms with E-state index in [2.05, 4.69) is 39.0 Å². The molecule has 2 aliphatic rings. The van der Waals surface area contributed by atoms with Crippen LogP contribution in [0, 0.1) is 32.1 Å². The van der Waals surface area contributed by atoms with E-state index in [0.29, 0.717) is 12.4 Å². The van der Waals surface area contributed by atoms with E-state index in [9.17, 15) is 4.79 Å². The van der Waals surface area contributed by atoms with Crippen LogP contribution in [0.1, 0.15) is 39.8 Å². The van der Waals surface area contributed by atoms with E-state index in [1.165, 1.54) is 4.88 Å². The third-order valence-electron chi connectivity index (χ3n) is 6.15. The third kappa shape index (κ3) is 4.49. The van der Waals surface area contributed by atoms with Crippen LogP contribution in [0.5, 0.6) is 0 Å². The van der Waals surface area contributed by atoms with Crippen LogP contribution in [0.2, 0.25) is 0 Å². The lowest BCUT2D eigenvalue weighted by atomic mass is 9.72. The lowest BCUT2D eigenvalue weighted by Crippen LogP contribution is -2.44. The molecule has 4 heterocycles. The first kappa shape index (κ1) is 20.4. The van der Waals surface area contributed by atoms with E-state index in [1.54, 1.807) is 23.7 Å². The zero-order chi connectivity index (χ0) is 20.4. The molecule has 8 heteroatoms. The molecule has 2 aromatic rings. The number of ether oxygens (including phenoxy) is 1. The molecule has 2 aromatic heterocycles. The highest BCUT2D eigenvalue weighted by Gasteiger charge is 2.50. The SMILES string of the molecule is Cc1cnc(CNC(=O)[C@@H]2CN(Cc3sc(C)nc3C)CC23CCOCC3)nc1. The van der Waals surface area contributed by atoms with Crippen LogP contribution in [0.15, 0.2) is 12.4 Å². The molecule has 0 saturated carbocycles. The Labute approximate surface area is 175 Å². The maximum Gasteiger partial charge on any atom is 0.225 e. The first-order valence-corrected chi connectivity index (χ1v) is 11.0. The standard InChI is InChI=1S/C21H29N5O2S/c1-14-8-22-19(23-9-14)10-24-20(27)17-11-26(12-18-15(2)25-16(3)29-18)13-21(17)4-6-28-7-5-21/h8-9,17H,4-7,10-13H2,1-3H3,(H,24,27)/t17-/m0/s1. The fourth-order valence-electron chi connectivity index (χ4n) is 4.56. The lowest BCUT2D eigenvalue weighted by Gasteiger charge is -2.37. The van der Waals surface area contributed by atoms with Gasteiger partial charge in [-0.1, -0.05) is 0 Å². The molecule has 0 bridgehead atoms. The van der Waals surface area contributed by atoms with Gasteiger partial charge in [-0.25, -0.2) is 15.0 Å². The van der Waals surface area contributed by atoms with Gasteiger partial charge in [-0.15, -0.1) is 11.3 Å². The quantitative estimate of drug-likeness (QED) is 0.808. The highest BCUT2D eigenvalue weighted by molar-refractivity contribution is 7.11. The average molecular weight is 416 g/mol. The largest absolute Gasteiger partial charge is 0.381 e. The van der Waals surface area contributed by atoms with Gasteiger partial charge in [-0.05, 0) is 39.2 Å². The number of carbonyl (C=O) groups excluding carboxylic acids is 1. The van der Waals surface area contributed by atoms with Gasteiger partial charge in [0.1, 0.15) is 5.82 Å². The predicted octanol–water partition coefficient (Wildman–Crippen LogP) is 2.40. The smallest absolute Gasteiger partial charge is 0.225 e. The number of aromatic nitrogens is 3. The number of carbonyl (C=O) groups is 1. The molecule has 2 saturated heterocycles. The molecule has 1 N–H and O–H groups in total. The van der Waals surface area contributed by atoms with Crippen molar-refractivity contribution in [3.8, 4) is 0 Å². The summed E-state index contributed by atoms with van der Waals surface area (Å²) in [4.78, 5) is 30.1. The number of nitrogens with zero attached hydrogens (tertiary/aromatic N) is 4. The third-order valence-corrected chi connectivity index (χ3v) is 7.20. The number of aryl methyl sites for hydroxylation is 3. The molecule has 0 aliphatic carbocycles. The van der Waals surface area contributed by atoms with Gasteiger partial charge >= 0.3 is 0 Å². The normalized spacial score (nSPS) is 21.6. The number of thiazole rings is 1. The monoisotopic (exact) mass is 415 g/mol. The van der Waals surface area contributed by atoms with E-state index in [1.807, 2.05) is 6.92 Å². The summed E-state index contributed by atoms with van der Waals surface area (Å²) in [7, 11) is 0. The van der Waals surface area contributed by atoms with Gasteiger partial charge in [-0.3, -0.25) is 9.69 Å². The summed E-state index contributed by atoms with van der Waals surface area (Å²) in [5.41, 5.74) is 2.11. The number of hydrogen-bond donors (Lipinski definition) is 1. The first-order chi connectivity index (χ1) is 13.9. The van der Waals surface area contributed by atoms with Gasteiger partial charge in [0.15, 0.2) is 0 Å². The summed E-state index contributed by atoms with van der Waals surface area (Å²) in [6.45, 7) is 10.5. The van der Waals surface area contributed by atoms with Crippen LogP contribution in [0.25, 0.3) is 0 Å². The zero-order valence-corrected chi connectivity index (χ0v) is 18.2. The second-order valence-electron chi connectivity index (χ2n) is 8.33. The van der Waals surface area contributed by atoms with E-state index in [4.69, 9.17) is 4.74 Å². The second kappa shape index (κ2) is 8.45. The van der Waals surface area contributed by atoms with Crippen molar-refractivity contribution in [2.24, 2.45) is 11.3 Å². The van der Waals surface area contributed by atoms with Crippen LogP contribution in [0.4, 0.5) is 0 Å². The van der Waals surface area contributed by atoms with Crippen molar-refractivity contribution in [2.75, 3.05) is 26.3 Å². The molecule has 1 atom stereocenters. The number of likely N-dealkylation sites (tertiary alicyclic amines) is 1. The fraction of sp³-hybridized carbons (Fsp3) is 0.619. The van der Waals surface area contributed by atoms with Gasteiger partial charge in [0.25, 0.3) is 0 Å². The predicted molar refractivity (Wildman–Crippen MR) is 111 cm³/mol. The van der Waals surface area contributed by atoms with Crippen molar-refractivity contribution in [3.05, 3.63) is 39.4 Å². The summed E-state index contributed by atoms with van der Waals surface area (Å²) < 4.78 is 5.62. The van der Waals surface area contributed by atoms with Crippen LogP contribution < -0.4 is 5.32 Å². The molecule has 29 heavy (non-hydrogen) atoms. The molecule has 2 aliphatic heterocycles. The Morgan fingerprint density at radius 3 is 2.66 bits per heavy atom. The van der Waals surface area contributed by atoms with E-state index in [0.717, 1.165) is 62.0 Å². The Bertz CT molecular complexity index is 860. The molecule has 4 rings (SSSR count). The van der Waals surface area contributed by atoms with Gasteiger partial charge in [0.05, 0.1) is 23.2 Å². The van der Waals surface area contributed by atoms with Crippen molar-refractivity contribution >= 4 is 17.2 Å². The van der Waals surface area contributed by atoms with Crippen LogP contribution in [0.3, 0.4) is 0 Å². The van der Waals surface area contributed by atoms with Crippen molar-refractivity contribution in [2.45, 2.75) is 46.7 Å². The molecule has 1 spiro atoms. The van der Waals surface area contributed by atoms with E-state index < -0.39 is 0 Å².